The number of aliphatic hydroxyl groups excluding tert-OH is 1. The van der Waals surface area contributed by atoms with Crippen LogP contribution in [-0.4, -0.2) is 18.3 Å². The van der Waals surface area contributed by atoms with Gasteiger partial charge in [0.25, 0.3) is 0 Å². The van der Waals surface area contributed by atoms with Gasteiger partial charge in [0.2, 0.25) is 5.82 Å². The molecule has 1 aromatic carbocycles. The van der Waals surface area contributed by atoms with Crippen LogP contribution in [0.15, 0.2) is 16.6 Å². The van der Waals surface area contributed by atoms with E-state index >= 15 is 0 Å². The number of unbranched alkanes of at least 4 members (excludes halogenated alkanes) is 3. The predicted molar refractivity (Wildman–Crippen MR) is 65.1 cm³/mol. The third-order valence-corrected chi connectivity index (χ3v) is 2.73. The maximum absolute atomic E-state index is 13.3. The number of aliphatic hydroxyl groups is 1. The van der Waals surface area contributed by atoms with E-state index in [9.17, 15) is 8.78 Å². The molecule has 1 aromatic rings. The Bertz CT molecular complexity index is 359. The minimum atomic E-state index is -0.955. The summed E-state index contributed by atoms with van der Waals surface area (Å²) in [5, 5.41) is 8.57. The predicted octanol–water partition coefficient (Wildman–Crippen LogP) is 3.66. The van der Waals surface area contributed by atoms with Gasteiger partial charge in [-0.05, 0) is 31.4 Å². The highest BCUT2D eigenvalue weighted by atomic mass is 79.9. The Kier molecular flexibility index (Phi) is 6.44. The van der Waals surface area contributed by atoms with Crippen LogP contribution < -0.4 is 4.74 Å². The Morgan fingerprint density at radius 3 is 2.53 bits per heavy atom. The average molecular weight is 309 g/mol. The lowest BCUT2D eigenvalue weighted by Crippen LogP contribution is -2.01. The third-order valence-electron chi connectivity index (χ3n) is 2.27. The quantitative estimate of drug-likeness (QED) is 0.615. The minimum absolute atomic E-state index is 0.0703. The van der Waals surface area contributed by atoms with E-state index in [-0.39, 0.29) is 12.4 Å². The second kappa shape index (κ2) is 7.61. The van der Waals surface area contributed by atoms with Crippen molar-refractivity contribution in [1.29, 1.82) is 0 Å². The van der Waals surface area contributed by atoms with E-state index in [2.05, 4.69) is 15.9 Å². The summed E-state index contributed by atoms with van der Waals surface area (Å²) in [7, 11) is 0. The number of rotatable bonds is 7. The number of ether oxygens (including phenoxy) is 1. The highest BCUT2D eigenvalue weighted by molar-refractivity contribution is 9.10. The monoisotopic (exact) mass is 308 g/mol. The number of benzene rings is 1. The Hall–Kier alpha value is -0.680. The van der Waals surface area contributed by atoms with E-state index in [1.54, 1.807) is 0 Å². The molecule has 5 heteroatoms. The summed E-state index contributed by atoms with van der Waals surface area (Å²) in [5.41, 5.74) is 0. The molecule has 0 spiro atoms. The molecule has 0 radical (unpaired) electrons. The van der Waals surface area contributed by atoms with Gasteiger partial charge in [-0.25, -0.2) is 4.39 Å². The molecule has 0 unspecified atom stereocenters. The summed E-state index contributed by atoms with van der Waals surface area (Å²) in [6.07, 6.45) is 3.33. The smallest absolute Gasteiger partial charge is 0.200 e. The molecule has 0 aliphatic carbocycles. The second-order valence-corrected chi connectivity index (χ2v) is 4.60. The Morgan fingerprint density at radius 1 is 1.12 bits per heavy atom. The van der Waals surface area contributed by atoms with Crippen LogP contribution in [0.5, 0.6) is 5.75 Å². The van der Waals surface area contributed by atoms with Crippen molar-refractivity contribution in [2.24, 2.45) is 0 Å². The van der Waals surface area contributed by atoms with Gasteiger partial charge in [-0.3, -0.25) is 0 Å². The molecule has 0 aliphatic rings. The van der Waals surface area contributed by atoms with Crippen LogP contribution in [-0.2, 0) is 0 Å². The maximum atomic E-state index is 13.3. The standard InChI is InChI=1S/C12H15BrF2O2/c13-9-7-10(14)12(15)11(8-9)17-6-4-2-1-3-5-16/h7-8,16H,1-6H2. The molecule has 17 heavy (non-hydrogen) atoms. The van der Waals surface area contributed by atoms with Crippen molar-refractivity contribution < 1.29 is 18.6 Å². The molecule has 2 nitrogen and oxygen atoms in total. The van der Waals surface area contributed by atoms with E-state index in [0.717, 1.165) is 31.7 Å². The van der Waals surface area contributed by atoms with Crippen LogP contribution >= 0.6 is 15.9 Å². The summed E-state index contributed by atoms with van der Waals surface area (Å²) in [6, 6.07) is 2.47. The second-order valence-electron chi connectivity index (χ2n) is 3.69. The molecular weight excluding hydrogens is 294 g/mol. The van der Waals surface area contributed by atoms with Crippen molar-refractivity contribution in [2.45, 2.75) is 25.7 Å². The molecule has 0 heterocycles. The van der Waals surface area contributed by atoms with E-state index in [0.29, 0.717) is 11.1 Å². The Morgan fingerprint density at radius 2 is 1.82 bits per heavy atom. The first-order valence-electron chi connectivity index (χ1n) is 5.53. The molecule has 96 valence electrons. The van der Waals surface area contributed by atoms with Crippen LogP contribution in [0.25, 0.3) is 0 Å². The molecule has 0 saturated heterocycles. The van der Waals surface area contributed by atoms with Crippen molar-refractivity contribution in [3.63, 3.8) is 0 Å². The van der Waals surface area contributed by atoms with Gasteiger partial charge < -0.3 is 9.84 Å². The van der Waals surface area contributed by atoms with Crippen LogP contribution in [0, 0.1) is 11.6 Å². The Balaban J connectivity index is 2.36. The van der Waals surface area contributed by atoms with Gasteiger partial charge in [0, 0.05) is 11.1 Å². The van der Waals surface area contributed by atoms with Crippen molar-refractivity contribution >= 4 is 15.9 Å². The normalized spacial score (nSPS) is 10.6. The van der Waals surface area contributed by atoms with Crippen molar-refractivity contribution in [3.05, 3.63) is 28.2 Å². The third kappa shape index (κ3) is 5.00. The SMILES string of the molecule is OCCCCCCOc1cc(Br)cc(F)c1F. The number of hydrogen-bond acceptors (Lipinski definition) is 2. The molecule has 0 amide bonds. The largest absolute Gasteiger partial charge is 0.490 e. The maximum Gasteiger partial charge on any atom is 0.200 e. The first kappa shape index (κ1) is 14.4. The first-order chi connectivity index (χ1) is 8.15. The van der Waals surface area contributed by atoms with Gasteiger partial charge in [0.1, 0.15) is 0 Å². The highest BCUT2D eigenvalue weighted by Crippen LogP contribution is 2.25. The zero-order valence-corrected chi connectivity index (χ0v) is 11.0. The van der Waals surface area contributed by atoms with Gasteiger partial charge in [-0.1, -0.05) is 22.4 Å². The zero-order chi connectivity index (χ0) is 12.7. The molecule has 0 saturated carbocycles. The molecular formula is C12H15BrF2O2. The number of hydrogen-bond donors (Lipinski definition) is 1. The van der Waals surface area contributed by atoms with Gasteiger partial charge >= 0.3 is 0 Å². The van der Waals surface area contributed by atoms with Crippen LogP contribution in [0.1, 0.15) is 25.7 Å². The highest BCUT2D eigenvalue weighted by Gasteiger charge is 2.10. The topological polar surface area (TPSA) is 29.5 Å². The molecule has 0 bridgehead atoms. The molecule has 0 atom stereocenters. The van der Waals surface area contributed by atoms with Gasteiger partial charge in [-0.2, -0.15) is 4.39 Å². The van der Waals surface area contributed by atoms with Crippen molar-refractivity contribution in [2.75, 3.05) is 13.2 Å². The Labute approximate surface area is 108 Å². The number of halogens is 3. The lowest BCUT2D eigenvalue weighted by Gasteiger charge is -2.08. The van der Waals surface area contributed by atoms with Gasteiger partial charge in [0.15, 0.2) is 11.6 Å². The van der Waals surface area contributed by atoms with E-state index in [1.165, 1.54) is 6.07 Å². The average Bonchev–Trinajstić information content (AvgIpc) is 2.29. The van der Waals surface area contributed by atoms with E-state index in [4.69, 9.17) is 9.84 Å². The fraction of sp³-hybridized carbons (Fsp3) is 0.500. The lowest BCUT2D eigenvalue weighted by molar-refractivity contribution is 0.268. The van der Waals surface area contributed by atoms with Gasteiger partial charge in [0.05, 0.1) is 6.61 Å². The fourth-order valence-corrected chi connectivity index (χ4v) is 1.80. The minimum Gasteiger partial charge on any atom is -0.490 e. The molecule has 1 N–H and O–H groups in total. The molecule has 0 aromatic heterocycles. The van der Waals surface area contributed by atoms with Crippen molar-refractivity contribution in [3.8, 4) is 5.75 Å². The summed E-state index contributed by atoms with van der Waals surface area (Å²) >= 11 is 3.08. The van der Waals surface area contributed by atoms with Crippen LogP contribution in [0.3, 0.4) is 0 Å². The lowest BCUT2D eigenvalue weighted by atomic mass is 10.2. The summed E-state index contributed by atoms with van der Waals surface area (Å²) in [4.78, 5) is 0. The van der Waals surface area contributed by atoms with Gasteiger partial charge in [-0.15, -0.1) is 0 Å². The van der Waals surface area contributed by atoms with Crippen LogP contribution in [0.4, 0.5) is 8.78 Å². The van der Waals surface area contributed by atoms with E-state index < -0.39 is 11.6 Å². The van der Waals surface area contributed by atoms with Crippen molar-refractivity contribution in [1.82, 2.24) is 0 Å². The molecule has 0 fully saturated rings. The summed E-state index contributed by atoms with van der Waals surface area (Å²) < 4.78 is 31.9. The summed E-state index contributed by atoms with van der Waals surface area (Å²) in [6.45, 7) is 0.532. The molecule has 1 rings (SSSR count). The first-order valence-corrected chi connectivity index (χ1v) is 6.32. The molecule has 0 aliphatic heterocycles. The fourth-order valence-electron chi connectivity index (χ4n) is 1.39. The van der Waals surface area contributed by atoms with E-state index in [1.807, 2.05) is 0 Å². The van der Waals surface area contributed by atoms with Crippen LogP contribution in [0.2, 0.25) is 0 Å². The summed E-state index contributed by atoms with van der Waals surface area (Å²) in [5.74, 6) is -1.95. The zero-order valence-electron chi connectivity index (χ0n) is 9.39.